The Balaban J connectivity index is 1.23. The molecule has 7 aromatic carbocycles. The number of nitrogens with zero attached hydrogens (tertiary/aromatic N) is 2. The van der Waals surface area contributed by atoms with E-state index in [0.717, 1.165) is 72.3 Å². The van der Waals surface area contributed by atoms with E-state index in [1.54, 1.807) is 0 Å². The van der Waals surface area contributed by atoms with Gasteiger partial charge < -0.3 is 9.32 Å². The van der Waals surface area contributed by atoms with Gasteiger partial charge in [-0.25, -0.2) is 4.98 Å². The monoisotopic (exact) mass is 588 g/mol. The Morgan fingerprint density at radius 3 is 2.02 bits per heavy atom. The first-order valence-corrected chi connectivity index (χ1v) is 15.5. The summed E-state index contributed by atoms with van der Waals surface area (Å²) in [5, 5.41) is 5.74. The molecule has 0 bridgehead atoms. The van der Waals surface area contributed by atoms with Crippen molar-refractivity contribution in [2.45, 2.75) is 0 Å². The van der Waals surface area contributed by atoms with Gasteiger partial charge in [0.15, 0.2) is 5.58 Å². The SMILES string of the molecule is c1ccc(-c2cc3ccccc3nc2-c2ccc(N(c3ccc4ccccc4c3)c3cccc4c3oc3ccccc34)cc2)cc1. The number of aromatic nitrogens is 1. The summed E-state index contributed by atoms with van der Waals surface area (Å²) < 4.78 is 6.54. The Labute approximate surface area is 266 Å². The average molecular weight is 589 g/mol. The van der Waals surface area contributed by atoms with Crippen LogP contribution in [0.25, 0.3) is 66.0 Å². The number of fused-ring (bicyclic) bond motifs is 5. The largest absolute Gasteiger partial charge is 0.454 e. The van der Waals surface area contributed by atoms with Gasteiger partial charge in [-0.1, -0.05) is 121 Å². The van der Waals surface area contributed by atoms with Crippen LogP contribution in [-0.4, -0.2) is 4.98 Å². The van der Waals surface area contributed by atoms with E-state index in [1.165, 1.54) is 10.8 Å². The van der Waals surface area contributed by atoms with E-state index in [1.807, 2.05) is 18.2 Å². The molecule has 46 heavy (non-hydrogen) atoms. The van der Waals surface area contributed by atoms with Crippen LogP contribution < -0.4 is 4.90 Å². The van der Waals surface area contributed by atoms with Gasteiger partial charge in [0.05, 0.1) is 16.9 Å². The van der Waals surface area contributed by atoms with Crippen LogP contribution in [0.4, 0.5) is 17.1 Å². The number of furan rings is 1. The van der Waals surface area contributed by atoms with Crippen LogP contribution in [0.1, 0.15) is 0 Å². The molecule has 0 aliphatic rings. The minimum atomic E-state index is 0.864. The summed E-state index contributed by atoms with van der Waals surface area (Å²) in [5.41, 5.74) is 10.1. The smallest absolute Gasteiger partial charge is 0.159 e. The lowest BCUT2D eigenvalue weighted by Gasteiger charge is -2.26. The first-order chi connectivity index (χ1) is 22.8. The Morgan fingerprint density at radius 2 is 1.15 bits per heavy atom. The molecule has 0 radical (unpaired) electrons. The normalized spacial score (nSPS) is 11.5. The third-order valence-corrected chi connectivity index (χ3v) is 8.82. The van der Waals surface area contributed by atoms with Crippen molar-refractivity contribution in [3.63, 3.8) is 0 Å². The Hall–Kier alpha value is -6.19. The fourth-order valence-corrected chi connectivity index (χ4v) is 6.59. The van der Waals surface area contributed by atoms with Crippen LogP contribution >= 0.6 is 0 Å². The third-order valence-electron chi connectivity index (χ3n) is 8.82. The predicted molar refractivity (Wildman–Crippen MR) is 192 cm³/mol. The van der Waals surface area contributed by atoms with Crippen molar-refractivity contribution in [1.82, 2.24) is 4.98 Å². The molecule has 0 amide bonds. The third kappa shape index (κ3) is 4.41. The van der Waals surface area contributed by atoms with Gasteiger partial charge in [0.25, 0.3) is 0 Å². The van der Waals surface area contributed by atoms with E-state index in [-0.39, 0.29) is 0 Å². The first-order valence-electron chi connectivity index (χ1n) is 15.5. The van der Waals surface area contributed by atoms with Crippen molar-refractivity contribution in [3.8, 4) is 22.4 Å². The molecule has 2 heterocycles. The predicted octanol–water partition coefficient (Wildman–Crippen LogP) is 12.1. The lowest BCUT2D eigenvalue weighted by Crippen LogP contribution is -2.10. The van der Waals surface area contributed by atoms with Crippen LogP contribution in [0, 0.1) is 0 Å². The van der Waals surface area contributed by atoms with Crippen LogP contribution in [-0.2, 0) is 0 Å². The number of hydrogen-bond donors (Lipinski definition) is 0. The van der Waals surface area contributed by atoms with Crippen molar-refractivity contribution in [3.05, 3.63) is 170 Å². The second kappa shape index (κ2) is 10.8. The molecule has 0 aliphatic carbocycles. The number of hydrogen-bond acceptors (Lipinski definition) is 3. The summed E-state index contributed by atoms with van der Waals surface area (Å²) in [6.45, 7) is 0. The summed E-state index contributed by atoms with van der Waals surface area (Å²) >= 11 is 0. The van der Waals surface area contributed by atoms with Crippen molar-refractivity contribution >= 4 is 60.7 Å². The Kier molecular flexibility index (Phi) is 6.14. The first kappa shape index (κ1) is 26.2. The molecule has 9 aromatic rings. The highest BCUT2D eigenvalue weighted by Crippen LogP contribution is 2.43. The van der Waals surface area contributed by atoms with Gasteiger partial charge in [-0.15, -0.1) is 0 Å². The van der Waals surface area contributed by atoms with E-state index in [9.17, 15) is 0 Å². The summed E-state index contributed by atoms with van der Waals surface area (Å²) in [7, 11) is 0. The van der Waals surface area contributed by atoms with E-state index < -0.39 is 0 Å². The molecule has 0 N–H and O–H groups in total. The molecule has 0 unspecified atom stereocenters. The summed E-state index contributed by atoms with van der Waals surface area (Å²) in [6.07, 6.45) is 0. The Bertz CT molecular complexity index is 2530. The fourth-order valence-electron chi connectivity index (χ4n) is 6.59. The van der Waals surface area contributed by atoms with E-state index in [0.29, 0.717) is 0 Å². The zero-order valence-electron chi connectivity index (χ0n) is 25.0. The van der Waals surface area contributed by atoms with Crippen LogP contribution in [0.15, 0.2) is 174 Å². The molecule has 0 atom stereocenters. The summed E-state index contributed by atoms with van der Waals surface area (Å²) in [5.74, 6) is 0. The maximum Gasteiger partial charge on any atom is 0.159 e. The molecule has 3 nitrogen and oxygen atoms in total. The maximum atomic E-state index is 6.54. The van der Waals surface area contributed by atoms with Crippen LogP contribution in [0.5, 0.6) is 0 Å². The highest BCUT2D eigenvalue weighted by Gasteiger charge is 2.20. The van der Waals surface area contributed by atoms with Gasteiger partial charge >= 0.3 is 0 Å². The quantitative estimate of drug-likeness (QED) is 0.200. The van der Waals surface area contributed by atoms with Gasteiger partial charge in [0.1, 0.15) is 5.58 Å². The fraction of sp³-hybridized carbons (Fsp3) is 0. The molecule has 216 valence electrons. The Morgan fingerprint density at radius 1 is 0.457 bits per heavy atom. The van der Waals surface area contributed by atoms with Crippen LogP contribution in [0.3, 0.4) is 0 Å². The van der Waals surface area contributed by atoms with Gasteiger partial charge in [-0.3, -0.25) is 0 Å². The minimum Gasteiger partial charge on any atom is -0.454 e. The second-order valence-corrected chi connectivity index (χ2v) is 11.6. The summed E-state index contributed by atoms with van der Waals surface area (Å²) in [6, 6.07) is 59.6. The second-order valence-electron chi connectivity index (χ2n) is 11.6. The molecule has 0 saturated heterocycles. The summed E-state index contributed by atoms with van der Waals surface area (Å²) in [4.78, 5) is 7.48. The minimum absolute atomic E-state index is 0.864. The molecule has 0 saturated carbocycles. The van der Waals surface area contributed by atoms with E-state index in [2.05, 4.69) is 157 Å². The van der Waals surface area contributed by atoms with Gasteiger partial charge in [-0.05, 0) is 64.9 Å². The van der Waals surface area contributed by atoms with E-state index >= 15 is 0 Å². The molecular formula is C43H28N2O. The molecular weight excluding hydrogens is 560 g/mol. The molecule has 9 rings (SSSR count). The highest BCUT2D eigenvalue weighted by molar-refractivity contribution is 6.10. The highest BCUT2D eigenvalue weighted by atomic mass is 16.3. The zero-order valence-corrected chi connectivity index (χ0v) is 25.0. The number of benzene rings is 7. The number of para-hydroxylation sites is 3. The standard InChI is InChI=1S/C43H28N2O/c1-2-12-30(13-3-1)38-28-33-15-6-8-18-39(33)44-42(38)31-22-24-34(25-23-31)45(35-26-21-29-11-4-5-14-32(29)27-35)40-19-10-17-37-36-16-7-9-20-41(36)46-43(37)40/h1-28H. The maximum absolute atomic E-state index is 6.54. The molecule has 0 fully saturated rings. The van der Waals surface area contributed by atoms with Gasteiger partial charge in [-0.2, -0.15) is 0 Å². The molecule has 0 spiro atoms. The molecule has 2 aromatic heterocycles. The molecule has 3 heteroatoms. The molecule has 0 aliphatic heterocycles. The number of pyridine rings is 1. The van der Waals surface area contributed by atoms with Crippen molar-refractivity contribution in [2.75, 3.05) is 4.90 Å². The van der Waals surface area contributed by atoms with Gasteiger partial charge in [0, 0.05) is 38.7 Å². The lowest BCUT2D eigenvalue weighted by atomic mass is 9.97. The lowest BCUT2D eigenvalue weighted by molar-refractivity contribution is 0.669. The van der Waals surface area contributed by atoms with Crippen LogP contribution in [0.2, 0.25) is 0 Å². The van der Waals surface area contributed by atoms with E-state index in [4.69, 9.17) is 9.40 Å². The zero-order chi connectivity index (χ0) is 30.5. The van der Waals surface area contributed by atoms with Crippen molar-refractivity contribution < 1.29 is 4.42 Å². The number of anilines is 3. The number of rotatable bonds is 5. The van der Waals surface area contributed by atoms with Crippen molar-refractivity contribution in [2.24, 2.45) is 0 Å². The van der Waals surface area contributed by atoms with Crippen molar-refractivity contribution in [1.29, 1.82) is 0 Å². The van der Waals surface area contributed by atoms with Gasteiger partial charge in [0.2, 0.25) is 0 Å². The topological polar surface area (TPSA) is 29.3 Å². The average Bonchev–Trinajstić information content (AvgIpc) is 3.51.